The second-order valence-electron chi connectivity index (χ2n) is 3.27. The van der Waals surface area contributed by atoms with E-state index in [2.05, 4.69) is 9.97 Å². The van der Waals surface area contributed by atoms with Crippen molar-refractivity contribution in [3.63, 3.8) is 0 Å². The van der Waals surface area contributed by atoms with Crippen LogP contribution >= 0.6 is 11.8 Å². The molecule has 0 fully saturated rings. The third-order valence-corrected chi connectivity index (χ3v) is 3.10. The SMILES string of the molecule is O=C(O)c1cccc(CSc2ncc[nH]2)c1F. The largest absolute Gasteiger partial charge is 0.478 e. The fourth-order valence-electron chi connectivity index (χ4n) is 1.33. The van der Waals surface area contributed by atoms with Crippen LogP contribution in [0.2, 0.25) is 0 Å². The number of carboxylic acid groups (broad SMARTS) is 1. The molecule has 2 aromatic rings. The second-order valence-corrected chi connectivity index (χ2v) is 4.23. The van der Waals surface area contributed by atoms with E-state index in [1.165, 1.54) is 23.9 Å². The molecule has 6 heteroatoms. The van der Waals surface area contributed by atoms with Gasteiger partial charge in [0.05, 0.1) is 5.56 Å². The number of aromatic carboxylic acids is 1. The molecule has 0 aliphatic rings. The molecule has 88 valence electrons. The van der Waals surface area contributed by atoms with Gasteiger partial charge in [0.2, 0.25) is 0 Å². The van der Waals surface area contributed by atoms with E-state index < -0.39 is 11.8 Å². The van der Waals surface area contributed by atoms with Crippen molar-refractivity contribution >= 4 is 17.7 Å². The van der Waals surface area contributed by atoms with Crippen molar-refractivity contribution in [1.29, 1.82) is 0 Å². The number of aromatic nitrogens is 2. The quantitative estimate of drug-likeness (QED) is 0.821. The summed E-state index contributed by atoms with van der Waals surface area (Å²) in [5.41, 5.74) is 0.0499. The molecule has 0 radical (unpaired) electrons. The van der Waals surface area contributed by atoms with E-state index in [1.54, 1.807) is 18.5 Å². The van der Waals surface area contributed by atoms with Crippen molar-refractivity contribution < 1.29 is 14.3 Å². The number of halogens is 1. The lowest BCUT2D eigenvalue weighted by atomic mass is 10.1. The summed E-state index contributed by atoms with van der Waals surface area (Å²) >= 11 is 1.32. The van der Waals surface area contributed by atoms with Crippen LogP contribution in [0.25, 0.3) is 0 Å². The van der Waals surface area contributed by atoms with Crippen molar-refractivity contribution in [2.45, 2.75) is 10.9 Å². The molecule has 0 atom stereocenters. The van der Waals surface area contributed by atoms with Gasteiger partial charge in [-0.2, -0.15) is 0 Å². The molecule has 0 amide bonds. The molecule has 0 aliphatic carbocycles. The zero-order chi connectivity index (χ0) is 12.3. The summed E-state index contributed by atoms with van der Waals surface area (Å²) in [7, 11) is 0. The Hall–Kier alpha value is -1.82. The van der Waals surface area contributed by atoms with Crippen molar-refractivity contribution in [3.8, 4) is 0 Å². The van der Waals surface area contributed by atoms with Gasteiger partial charge >= 0.3 is 5.97 Å². The van der Waals surface area contributed by atoms with Crippen LogP contribution in [0.5, 0.6) is 0 Å². The molecule has 1 aromatic heterocycles. The zero-order valence-electron chi connectivity index (χ0n) is 8.68. The molecule has 2 rings (SSSR count). The maximum Gasteiger partial charge on any atom is 0.338 e. The Balaban J connectivity index is 2.16. The van der Waals surface area contributed by atoms with Crippen molar-refractivity contribution in [1.82, 2.24) is 9.97 Å². The van der Waals surface area contributed by atoms with Gasteiger partial charge in [-0.05, 0) is 11.6 Å². The molecule has 2 N–H and O–H groups in total. The number of hydrogen-bond donors (Lipinski definition) is 2. The molecule has 1 heterocycles. The van der Waals surface area contributed by atoms with Crippen LogP contribution in [0, 0.1) is 5.82 Å². The minimum absolute atomic E-state index is 0.303. The fraction of sp³-hybridized carbons (Fsp3) is 0.0909. The number of aromatic amines is 1. The molecular weight excluding hydrogens is 243 g/mol. The van der Waals surface area contributed by atoms with Gasteiger partial charge in [-0.15, -0.1) is 0 Å². The Morgan fingerprint density at radius 1 is 1.53 bits per heavy atom. The highest BCUT2D eigenvalue weighted by Gasteiger charge is 2.13. The van der Waals surface area contributed by atoms with Crippen LogP contribution in [0.4, 0.5) is 4.39 Å². The second kappa shape index (κ2) is 5.01. The molecule has 0 bridgehead atoms. The average Bonchev–Trinajstić information content (AvgIpc) is 2.80. The van der Waals surface area contributed by atoms with Crippen molar-refractivity contribution in [2.75, 3.05) is 0 Å². The topological polar surface area (TPSA) is 66.0 Å². The summed E-state index contributed by atoms with van der Waals surface area (Å²) in [5, 5.41) is 9.45. The lowest BCUT2D eigenvalue weighted by molar-refractivity contribution is 0.0691. The molecule has 17 heavy (non-hydrogen) atoms. The van der Waals surface area contributed by atoms with E-state index in [9.17, 15) is 9.18 Å². The minimum Gasteiger partial charge on any atom is -0.478 e. The van der Waals surface area contributed by atoms with Gasteiger partial charge in [0.25, 0.3) is 0 Å². The van der Waals surface area contributed by atoms with Crippen molar-refractivity contribution in [2.24, 2.45) is 0 Å². The number of hydrogen-bond acceptors (Lipinski definition) is 3. The fourth-order valence-corrected chi connectivity index (χ4v) is 2.13. The van der Waals surface area contributed by atoms with Crippen LogP contribution < -0.4 is 0 Å². The lowest BCUT2D eigenvalue weighted by Gasteiger charge is -2.04. The van der Waals surface area contributed by atoms with E-state index in [4.69, 9.17) is 5.11 Å². The van der Waals surface area contributed by atoms with Crippen LogP contribution in [-0.4, -0.2) is 21.0 Å². The predicted molar refractivity (Wildman–Crippen MR) is 61.5 cm³/mol. The maximum absolute atomic E-state index is 13.7. The number of carbonyl (C=O) groups is 1. The molecular formula is C11H9FN2O2S. The molecule has 0 saturated heterocycles. The minimum atomic E-state index is -1.26. The lowest BCUT2D eigenvalue weighted by Crippen LogP contribution is -2.02. The molecule has 0 saturated carbocycles. The molecule has 0 unspecified atom stereocenters. The van der Waals surface area contributed by atoms with Gasteiger partial charge in [-0.3, -0.25) is 0 Å². The summed E-state index contributed by atoms with van der Waals surface area (Å²) in [4.78, 5) is 17.6. The number of carboxylic acids is 1. The van der Waals surface area contributed by atoms with E-state index in [-0.39, 0.29) is 5.56 Å². The number of benzene rings is 1. The number of rotatable bonds is 4. The first kappa shape index (κ1) is 11.7. The van der Waals surface area contributed by atoms with E-state index in [0.717, 1.165) is 0 Å². The third kappa shape index (κ3) is 2.65. The van der Waals surface area contributed by atoms with E-state index in [0.29, 0.717) is 16.5 Å². The summed E-state index contributed by atoms with van der Waals surface area (Å²) in [6, 6.07) is 4.35. The Bertz CT molecular complexity index is 528. The van der Waals surface area contributed by atoms with Gasteiger partial charge in [-0.25, -0.2) is 14.2 Å². The molecule has 1 aromatic carbocycles. The number of H-pyrrole nitrogens is 1. The highest BCUT2D eigenvalue weighted by Crippen LogP contribution is 2.22. The van der Waals surface area contributed by atoms with Gasteiger partial charge in [0.1, 0.15) is 5.82 Å². The highest BCUT2D eigenvalue weighted by molar-refractivity contribution is 7.98. The monoisotopic (exact) mass is 252 g/mol. The van der Waals surface area contributed by atoms with Gasteiger partial charge < -0.3 is 10.1 Å². The van der Waals surface area contributed by atoms with Gasteiger partial charge in [-0.1, -0.05) is 23.9 Å². The Kier molecular flexibility index (Phi) is 3.43. The Morgan fingerprint density at radius 2 is 2.35 bits per heavy atom. The number of nitrogens with zero attached hydrogens (tertiary/aromatic N) is 1. The summed E-state index contributed by atoms with van der Waals surface area (Å²) < 4.78 is 13.7. The standard InChI is InChI=1S/C11H9FN2O2S/c12-9-7(2-1-3-8(9)10(15)16)6-17-11-13-4-5-14-11/h1-5H,6H2,(H,13,14)(H,15,16). The molecule has 0 aliphatic heterocycles. The highest BCUT2D eigenvalue weighted by atomic mass is 32.2. The van der Waals surface area contributed by atoms with Crippen LogP contribution in [0.1, 0.15) is 15.9 Å². The maximum atomic E-state index is 13.7. The normalized spacial score (nSPS) is 10.4. The first-order chi connectivity index (χ1) is 8.18. The number of imidazole rings is 1. The van der Waals surface area contributed by atoms with Gasteiger partial charge in [0, 0.05) is 18.1 Å². The van der Waals surface area contributed by atoms with Crippen molar-refractivity contribution in [3.05, 3.63) is 47.5 Å². The first-order valence-electron chi connectivity index (χ1n) is 4.81. The van der Waals surface area contributed by atoms with Crippen LogP contribution in [-0.2, 0) is 5.75 Å². The average molecular weight is 252 g/mol. The van der Waals surface area contributed by atoms with E-state index in [1.807, 2.05) is 0 Å². The Morgan fingerprint density at radius 3 is 3.00 bits per heavy atom. The van der Waals surface area contributed by atoms with Crippen LogP contribution in [0.15, 0.2) is 35.7 Å². The summed E-state index contributed by atoms with van der Waals surface area (Å²) in [6.45, 7) is 0. The third-order valence-electron chi connectivity index (χ3n) is 2.15. The number of thioether (sulfide) groups is 1. The first-order valence-corrected chi connectivity index (χ1v) is 5.80. The van der Waals surface area contributed by atoms with E-state index >= 15 is 0 Å². The van der Waals surface area contributed by atoms with Gasteiger partial charge in [0.15, 0.2) is 5.16 Å². The molecule has 4 nitrogen and oxygen atoms in total. The molecule has 0 spiro atoms. The smallest absolute Gasteiger partial charge is 0.338 e. The predicted octanol–water partition coefficient (Wildman–Crippen LogP) is 2.54. The van der Waals surface area contributed by atoms with Crippen LogP contribution in [0.3, 0.4) is 0 Å². The summed E-state index contributed by atoms with van der Waals surface area (Å²) in [6.07, 6.45) is 3.28. The Labute approximate surface area is 101 Å². The zero-order valence-corrected chi connectivity index (χ0v) is 9.50. The number of nitrogens with one attached hydrogen (secondary N) is 1. The summed E-state index contributed by atoms with van der Waals surface area (Å²) in [5.74, 6) is -1.60.